The lowest BCUT2D eigenvalue weighted by Gasteiger charge is -2.31. The van der Waals surface area contributed by atoms with Crippen LogP contribution < -0.4 is 15.4 Å². The molecular weight excluding hydrogens is 406 g/mol. The fourth-order valence-corrected chi connectivity index (χ4v) is 3.34. The second kappa shape index (κ2) is 9.83. The van der Waals surface area contributed by atoms with E-state index in [0.717, 1.165) is 19.8 Å². The van der Waals surface area contributed by atoms with Gasteiger partial charge in [0.15, 0.2) is 6.61 Å². The number of halogens is 2. The molecule has 8 nitrogen and oxygen atoms in total. The van der Waals surface area contributed by atoms with Crippen molar-refractivity contribution in [3.63, 3.8) is 0 Å². The third-order valence-corrected chi connectivity index (χ3v) is 5.15. The monoisotopic (exact) mass is 432 g/mol. The maximum absolute atomic E-state index is 13.1. The second-order valence-electron chi connectivity index (χ2n) is 7.95. The number of aromatic nitrogens is 3. The summed E-state index contributed by atoms with van der Waals surface area (Å²) in [7, 11) is 0. The first-order valence-corrected chi connectivity index (χ1v) is 10.2. The molecule has 0 amide bonds. The van der Waals surface area contributed by atoms with Crippen molar-refractivity contribution >= 4 is 11.8 Å². The minimum Gasteiger partial charge on any atom is -0.471 e. The van der Waals surface area contributed by atoms with Crippen LogP contribution in [-0.2, 0) is 6.54 Å². The number of pyridine rings is 1. The lowest BCUT2D eigenvalue weighted by Crippen LogP contribution is -2.35. The van der Waals surface area contributed by atoms with Crippen LogP contribution in [0.2, 0.25) is 0 Å². The summed E-state index contributed by atoms with van der Waals surface area (Å²) in [6, 6.07) is 5.46. The van der Waals surface area contributed by atoms with Crippen LogP contribution in [0.1, 0.15) is 44.2 Å². The Balaban J connectivity index is 1.68. The minimum atomic E-state index is -2.97. The Morgan fingerprint density at radius 3 is 2.87 bits per heavy atom. The Bertz CT molecular complexity index is 931. The highest BCUT2D eigenvalue weighted by Crippen LogP contribution is 2.27. The molecule has 166 valence electrons. The quantitative estimate of drug-likeness (QED) is 0.582. The van der Waals surface area contributed by atoms with Gasteiger partial charge in [-0.25, -0.2) is 18.7 Å². The van der Waals surface area contributed by atoms with E-state index in [1.165, 1.54) is 12.4 Å². The lowest BCUT2D eigenvalue weighted by molar-refractivity contribution is -0.0244. The van der Waals surface area contributed by atoms with Gasteiger partial charge < -0.3 is 20.5 Å². The van der Waals surface area contributed by atoms with E-state index in [2.05, 4.69) is 31.7 Å². The molecule has 3 rings (SSSR count). The Hall–Kier alpha value is -3.06. The molecule has 10 heteroatoms. The van der Waals surface area contributed by atoms with Gasteiger partial charge in [0.1, 0.15) is 17.5 Å². The summed E-state index contributed by atoms with van der Waals surface area (Å²) in [6.07, 6.45) is 4.82. The predicted octanol–water partition coefficient (Wildman–Crippen LogP) is 3.35. The Morgan fingerprint density at radius 1 is 1.35 bits per heavy atom. The number of ether oxygens (including phenoxy) is 1. The smallest absolute Gasteiger partial charge is 0.278 e. The van der Waals surface area contributed by atoms with Gasteiger partial charge in [-0.05, 0) is 31.2 Å². The van der Waals surface area contributed by atoms with E-state index in [-0.39, 0.29) is 30.3 Å². The maximum Gasteiger partial charge on any atom is 0.278 e. The van der Waals surface area contributed by atoms with Crippen LogP contribution in [-0.4, -0.2) is 44.7 Å². The predicted molar refractivity (Wildman–Crippen MR) is 111 cm³/mol. The van der Waals surface area contributed by atoms with Crippen LogP contribution in [0.25, 0.3) is 0 Å². The van der Waals surface area contributed by atoms with E-state index in [1.54, 1.807) is 12.1 Å². The van der Waals surface area contributed by atoms with Gasteiger partial charge in [0, 0.05) is 31.3 Å². The van der Waals surface area contributed by atoms with Gasteiger partial charge in [0.25, 0.3) is 5.92 Å². The third kappa shape index (κ3) is 6.46. The summed E-state index contributed by atoms with van der Waals surface area (Å²) < 4.78 is 31.4. The van der Waals surface area contributed by atoms with Crippen LogP contribution >= 0.6 is 0 Å². The van der Waals surface area contributed by atoms with Gasteiger partial charge in [-0.15, -0.1) is 0 Å². The Kier molecular flexibility index (Phi) is 7.17. The number of aliphatic hydroxyl groups is 1. The molecule has 0 aliphatic heterocycles. The molecule has 0 aromatic carbocycles. The molecule has 0 bridgehead atoms. The summed E-state index contributed by atoms with van der Waals surface area (Å²) >= 11 is 0. The van der Waals surface area contributed by atoms with E-state index in [4.69, 9.17) is 4.74 Å². The van der Waals surface area contributed by atoms with Crippen molar-refractivity contribution in [2.24, 2.45) is 5.92 Å². The minimum absolute atomic E-state index is 0.00934. The number of anilines is 2. The summed E-state index contributed by atoms with van der Waals surface area (Å²) in [4.78, 5) is 12.6. The average molecular weight is 432 g/mol. The molecule has 0 unspecified atom stereocenters. The number of aliphatic hydroxyl groups excluding tert-OH is 1. The van der Waals surface area contributed by atoms with E-state index in [9.17, 15) is 19.1 Å². The summed E-state index contributed by atoms with van der Waals surface area (Å²) in [5, 5.41) is 25.8. The van der Waals surface area contributed by atoms with Crippen molar-refractivity contribution in [1.29, 1.82) is 5.26 Å². The number of alkyl halides is 2. The number of hydrogen-bond donors (Lipinski definition) is 3. The molecule has 0 saturated heterocycles. The molecule has 1 fully saturated rings. The average Bonchev–Trinajstić information content (AvgIpc) is 2.73. The first-order chi connectivity index (χ1) is 14.7. The first-order valence-electron chi connectivity index (χ1n) is 10.2. The van der Waals surface area contributed by atoms with Crippen molar-refractivity contribution in [1.82, 2.24) is 15.0 Å². The molecule has 0 spiro atoms. The van der Waals surface area contributed by atoms with Crippen LogP contribution in [0.15, 0.2) is 24.5 Å². The van der Waals surface area contributed by atoms with Gasteiger partial charge in [-0.3, -0.25) is 0 Å². The van der Waals surface area contributed by atoms with Gasteiger partial charge in [-0.2, -0.15) is 10.2 Å². The van der Waals surface area contributed by atoms with Gasteiger partial charge in [0.05, 0.1) is 12.3 Å². The molecule has 1 aliphatic carbocycles. The first kappa shape index (κ1) is 22.6. The SMILES string of the molecule is C[C@@H]1CC[C@@H](Nc2nc(NCc3cccnc3OCC(C)(F)F)ncc2C#N)C[C@H]1O. The van der Waals surface area contributed by atoms with E-state index in [1.807, 2.05) is 6.92 Å². The second-order valence-corrected chi connectivity index (χ2v) is 7.95. The molecule has 2 aromatic rings. The highest BCUT2D eigenvalue weighted by Gasteiger charge is 2.27. The molecule has 1 aliphatic rings. The Morgan fingerprint density at radius 2 is 2.16 bits per heavy atom. The van der Waals surface area contributed by atoms with E-state index in [0.29, 0.717) is 23.4 Å². The third-order valence-electron chi connectivity index (χ3n) is 5.15. The summed E-state index contributed by atoms with van der Waals surface area (Å²) in [5.74, 6) is -1.96. The van der Waals surface area contributed by atoms with Gasteiger partial charge >= 0.3 is 0 Å². The zero-order chi connectivity index (χ0) is 22.4. The van der Waals surface area contributed by atoms with Gasteiger partial charge in [0.2, 0.25) is 11.8 Å². The summed E-state index contributed by atoms with van der Waals surface area (Å²) in [6.45, 7) is 2.22. The molecule has 31 heavy (non-hydrogen) atoms. The normalized spacial score (nSPS) is 21.2. The fraction of sp³-hybridized carbons (Fsp3) is 0.524. The fourth-order valence-electron chi connectivity index (χ4n) is 3.34. The van der Waals surface area contributed by atoms with E-state index < -0.39 is 18.6 Å². The van der Waals surface area contributed by atoms with Crippen molar-refractivity contribution in [2.45, 2.75) is 57.7 Å². The van der Waals surface area contributed by atoms with E-state index >= 15 is 0 Å². The standard InChI is InChI=1S/C21H26F2N6O2/c1-13-5-6-16(8-17(13)30)28-18-15(9-24)11-27-20(29-18)26-10-14-4-3-7-25-19(14)31-12-21(2,22)23/h3-4,7,11,13,16-17,30H,5-6,8,10,12H2,1-2H3,(H2,26,27,28,29)/t13-,16-,17-/m1/s1. The van der Waals surface area contributed by atoms with Crippen molar-refractivity contribution in [2.75, 3.05) is 17.2 Å². The highest BCUT2D eigenvalue weighted by atomic mass is 19.3. The van der Waals surface area contributed by atoms with Crippen LogP contribution in [0.4, 0.5) is 20.5 Å². The number of hydrogen-bond acceptors (Lipinski definition) is 8. The number of nitrogens with one attached hydrogen (secondary N) is 2. The Labute approximate surface area is 179 Å². The number of nitriles is 1. The van der Waals surface area contributed by atoms with Gasteiger partial charge in [-0.1, -0.05) is 13.0 Å². The zero-order valence-corrected chi connectivity index (χ0v) is 17.5. The number of rotatable bonds is 8. The highest BCUT2D eigenvalue weighted by molar-refractivity contribution is 5.54. The molecule has 1 saturated carbocycles. The molecule has 2 aromatic heterocycles. The molecule has 3 N–H and O–H groups in total. The topological polar surface area (TPSA) is 116 Å². The van der Waals surface area contributed by atoms with Crippen molar-refractivity contribution in [3.8, 4) is 11.9 Å². The molecule has 3 atom stereocenters. The zero-order valence-electron chi connectivity index (χ0n) is 17.5. The van der Waals surface area contributed by atoms with Crippen LogP contribution in [0.5, 0.6) is 5.88 Å². The van der Waals surface area contributed by atoms with Crippen LogP contribution in [0.3, 0.4) is 0 Å². The molecule has 2 heterocycles. The number of nitrogens with zero attached hydrogens (tertiary/aromatic N) is 4. The van der Waals surface area contributed by atoms with Crippen molar-refractivity contribution < 1.29 is 18.6 Å². The lowest BCUT2D eigenvalue weighted by atomic mass is 9.85. The molecular formula is C21H26F2N6O2. The molecule has 0 radical (unpaired) electrons. The largest absolute Gasteiger partial charge is 0.471 e. The van der Waals surface area contributed by atoms with Crippen molar-refractivity contribution in [3.05, 3.63) is 35.7 Å². The van der Waals surface area contributed by atoms with Crippen LogP contribution in [0, 0.1) is 17.2 Å². The summed E-state index contributed by atoms with van der Waals surface area (Å²) in [5.41, 5.74) is 0.868. The maximum atomic E-state index is 13.1.